The van der Waals surface area contributed by atoms with Crippen molar-refractivity contribution >= 4 is 5.91 Å². The first-order chi connectivity index (χ1) is 18.3. The van der Waals surface area contributed by atoms with Crippen molar-refractivity contribution in [1.29, 1.82) is 0 Å². The van der Waals surface area contributed by atoms with Gasteiger partial charge in [0.1, 0.15) is 18.5 Å². The van der Waals surface area contributed by atoms with E-state index in [0.29, 0.717) is 24.1 Å². The first kappa shape index (κ1) is 27.1. The third kappa shape index (κ3) is 5.36. The van der Waals surface area contributed by atoms with Crippen LogP contribution in [0.2, 0.25) is 0 Å². The average molecular weight is 556 g/mol. The Balaban J connectivity index is 1.53. The molecular formula is C26H23F7N4O2. The second kappa shape index (κ2) is 9.92. The van der Waals surface area contributed by atoms with E-state index in [9.17, 15) is 35.5 Å². The van der Waals surface area contributed by atoms with E-state index in [1.807, 2.05) is 0 Å². The number of carbonyl (C=O) groups excluding carboxylic acids is 1. The van der Waals surface area contributed by atoms with E-state index in [-0.39, 0.29) is 36.5 Å². The highest BCUT2D eigenvalue weighted by atomic mass is 19.4. The summed E-state index contributed by atoms with van der Waals surface area (Å²) in [7, 11) is 0. The molecule has 0 aliphatic carbocycles. The summed E-state index contributed by atoms with van der Waals surface area (Å²) in [4.78, 5) is 14.6. The van der Waals surface area contributed by atoms with Gasteiger partial charge in [0.15, 0.2) is 0 Å². The molecule has 5 atom stereocenters. The largest absolute Gasteiger partial charge is 0.416 e. The zero-order valence-corrected chi connectivity index (χ0v) is 20.5. The number of benzene rings is 2. The molecule has 3 heterocycles. The summed E-state index contributed by atoms with van der Waals surface area (Å²) in [5.74, 6) is -1.20. The maximum Gasteiger partial charge on any atom is 0.416 e. The minimum Gasteiger partial charge on any atom is -0.368 e. The van der Waals surface area contributed by atoms with Gasteiger partial charge >= 0.3 is 12.4 Å². The topological polar surface area (TPSA) is 60.2 Å². The van der Waals surface area contributed by atoms with Gasteiger partial charge < -0.3 is 14.2 Å². The second-order valence-electron chi connectivity index (χ2n) is 9.79. The molecule has 2 aliphatic rings. The molecule has 6 nitrogen and oxygen atoms in total. The molecule has 1 aromatic heterocycles. The number of halogens is 7. The van der Waals surface area contributed by atoms with Crippen molar-refractivity contribution in [2.75, 3.05) is 6.54 Å². The summed E-state index contributed by atoms with van der Waals surface area (Å²) < 4.78 is 102. The second-order valence-corrected chi connectivity index (χ2v) is 9.79. The number of hydrogen-bond donors (Lipinski definition) is 0. The average Bonchev–Trinajstić information content (AvgIpc) is 3.53. The van der Waals surface area contributed by atoms with Gasteiger partial charge in [-0.15, -0.1) is 10.2 Å². The van der Waals surface area contributed by atoms with Crippen LogP contribution < -0.4 is 0 Å². The van der Waals surface area contributed by atoms with Gasteiger partial charge in [-0.25, -0.2) is 4.39 Å². The Kier molecular flexibility index (Phi) is 6.90. The van der Waals surface area contributed by atoms with Gasteiger partial charge in [0.25, 0.3) is 0 Å². The van der Waals surface area contributed by atoms with E-state index < -0.39 is 53.5 Å². The van der Waals surface area contributed by atoms with Gasteiger partial charge in [-0.3, -0.25) is 4.79 Å². The minimum atomic E-state index is -5.00. The van der Waals surface area contributed by atoms with E-state index in [1.165, 1.54) is 31.7 Å². The number of carbonyl (C=O) groups is 1. The molecule has 2 saturated heterocycles. The maximum absolute atomic E-state index is 13.8. The molecule has 2 aromatic carbocycles. The van der Waals surface area contributed by atoms with E-state index >= 15 is 0 Å². The Bertz CT molecular complexity index is 1290. The van der Waals surface area contributed by atoms with Crippen LogP contribution in [0.1, 0.15) is 60.1 Å². The van der Waals surface area contributed by atoms with Gasteiger partial charge in [0, 0.05) is 18.9 Å². The summed E-state index contributed by atoms with van der Waals surface area (Å²) in [6, 6.07) is 6.16. The minimum absolute atomic E-state index is 0.0552. The predicted molar refractivity (Wildman–Crippen MR) is 123 cm³/mol. The van der Waals surface area contributed by atoms with Crippen LogP contribution in [0.3, 0.4) is 0 Å². The fourth-order valence-corrected chi connectivity index (χ4v) is 5.63. The molecule has 208 valence electrons. The molecule has 0 saturated carbocycles. The van der Waals surface area contributed by atoms with Crippen LogP contribution in [0, 0.1) is 5.82 Å². The lowest BCUT2D eigenvalue weighted by Gasteiger charge is -2.39. The van der Waals surface area contributed by atoms with Gasteiger partial charge in [-0.1, -0.05) is 12.1 Å². The molecule has 2 aliphatic heterocycles. The molecule has 3 unspecified atom stereocenters. The number of fused-ring (bicyclic) bond motifs is 1. The van der Waals surface area contributed by atoms with Crippen LogP contribution in [-0.2, 0) is 21.9 Å². The van der Waals surface area contributed by atoms with Crippen LogP contribution in [0.15, 0.2) is 55.1 Å². The first-order valence-corrected chi connectivity index (χ1v) is 12.2. The SMILES string of the molecule is C[C@@H](OC1CN2C(=O)CCC(n3cnnc3)C2[C@@H]1c1ccc(F)cc1)c1cc(C(F)(F)F)cc(C(F)(F)F)c1. The third-order valence-electron chi connectivity index (χ3n) is 7.41. The number of amides is 1. The summed E-state index contributed by atoms with van der Waals surface area (Å²) in [5.41, 5.74) is -2.57. The molecule has 0 N–H and O–H groups in total. The molecule has 3 aromatic rings. The molecule has 0 radical (unpaired) electrons. The van der Waals surface area contributed by atoms with Crippen LogP contribution in [-0.4, -0.2) is 44.3 Å². The van der Waals surface area contributed by atoms with Crippen molar-refractivity contribution in [3.05, 3.63) is 83.2 Å². The number of hydrogen-bond acceptors (Lipinski definition) is 4. The lowest BCUT2D eigenvalue weighted by molar-refractivity contribution is -0.143. The molecule has 39 heavy (non-hydrogen) atoms. The van der Waals surface area contributed by atoms with E-state index in [1.54, 1.807) is 21.6 Å². The Hall–Kier alpha value is -3.48. The monoisotopic (exact) mass is 556 g/mol. The third-order valence-corrected chi connectivity index (χ3v) is 7.41. The number of ether oxygens (including phenoxy) is 1. The molecule has 13 heteroatoms. The van der Waals surface area contributed by atoms with Crippen LogP contribution in [0.4, 0.5) is 30.7 Å². The summed E-state index contributed by atoms with van der Waals surface area (Å²) in [6.07, 6.45) is -8.29. The summed E-state index contributed by atoms with van der Waals surface area (Å²) in [6.45, 7) is 1.42. The number of rotatable bonds is 5. The summed E-state index contributed by atoms with van der Waals surface area (Å²) >= 11 is 0. The highest BCUT2D eigenvalue weighted by Crippen LogP contribution is 2.47. The van der Waals surface area contributed by atoms with Crippen molar-refractivity contribution in [1.82, 2.24) is 19.7 Å². The molecule has 1 amide bonds. The van der Waals surface area contributed by atoms with E-state index in [0.717, 1.165) is 0 Å². The van der Waals surface area contributed by atoms with Crippen molar-refractivity contribution in [3.8, 4) is 0 Å². The lowest BCUT2D eigenvalue weighted by Crippen LogP contribution is -2.47. The Morgan fingerprint density at radius 1 is 0.949 bits per heavy atom. The molecule has 5 rings (SSSR count). The normalized spacial score (nSPS) is 24.6. The van der Waals surface area contributed by atoms with Gasteiger partial charge in [0.05, 0.1) is 35.4 Å². The van der Waals surface area contributed by atoms with Crippen LogP contribution in [0.25, 0.3) is 0 Å². The first-order valence-electron chi connectivity index (χ1n) is 12.2. The zero-order chi connectivity index (χ0) is 28.1. The fourth-order valence-electron chi connectivity index (χ4n) is 5.63. The lowest BCUT2D eigenvalue weighted by atomic mass is 9.82. The quantitative estimate of drug-likeness (QED) is 0.366. The summed E-state index contributed by atoms with van der Waals surface area (Å²) in [5, 5.41) is 7.70. The van der Waals surface area contributed by atoms with Crippen molar-refractivity contribution in [2.24, 2.45) is 0 Å². The van der Waals surface area contributed by atoms with Gasteiger partial charge in [-0.05, 0) is 54.8 Å². The Morgan fingerprint density at radius 2 is 1.54 bits per heavy atom. The maximum atomic E-state index is 13.8. The standard InChI is InChI=1S/C26H23F7N4O2/c1-14(16-8-17(25(28,29)30)10-18(9-16)26(31,32)33)39-21-11-37-22(38)7-6-20(36-12-34-35-13-36)24(37)23(21)15-2-4-19(27)5-3-15/h2-5,8-10,12-14,20-21,23-24H,6-7,11H2,1H3/t14-,20?,21?,23-,24?/m1/s1. The highest BCUT2D eigenvalue weighted by Gasteiger charge is 2.52. The van der Waals surface area contributed by atoms with Crippen molar-refractivity contribution in [3.63, 3.8) is 0 Å². The predicted octanol–water partition coefficient (Wildman–Crippen LogP) is 5.93. The molecule has 0 bridgehead atoms. The Morgan fingerprint density at radius 3 is 2.10 bits per heavy atom. The number of nitrogens with zero attached hydrogens (tertiary/aromatic N) is 4. The zero-order valence-electron chi connectivity index (χ0n) is 20.5. The fraction of sp³-hybridized carbons (Fsp3) is 0.423. The smallest absolute Gasteiger partial charge is 0.368 e. The highest BCUT2D eigenvalue weighted by molar-refractivity contribution is 5.78. The number of alkyl halides is 6. The molecule has 2 fully saturated rings. The van der Waals surface area contributed by atoms with Gasteiger partial charge in [0.2, 0.25) is 5.91 Å². The van der Waals surface area contributed by atoms with Crippen molar-refractivity contribution < 1.29 is 40.3 Å². The van der Waals surface area contributed by atoms with Gasteiger partial charge in [-0.2, -0.15) is 26.3 Å². The van der Waals surface area contributed by atoms with Crippen LogP contribution in [0.5, 0.6) is 0 Å². The van der Waals surface area contributed by atoms with Crippen molar-refractivity contribution in [2.45, 2.75) is 62.3 Å². The van der Waals surface area contributed by atoms with Crippen LogP contribution >= 0.6 is 0 Å². The molecular weight excluding hydrogens is 533 g/mol. The van der Waals surface area contributed by atoms with E-state index in [4.69, 9.17) is 4.74 Å². The van der Waals surface area contributed by atoms with E-state index in [2.05, 4.69) is 10.2 Å². The molecule has 0 spiro atoms. The number of piperidine rings is 1. The number of aromatic nitrogens is 3. The Labute approximate surface area is 218 Å².